The fourth-order valence-corrected chi connectivity index (χ4v) is 4.92. The number of carbonyl (C=O) groups excluding carboxylic acids is 1. The van der Waals surface area contributed by atoms with Gasteiger partial charge in [-0.25, -0.2) is 19.4 Å². The van der Waals surface area contributed by atoms with E-state index in [0.29, 0.717) is 41.3 Å². The zero-order chi connectivity index (χ0) is 27.1. The number of aliphatic hydroxyl groups excluding tert-OH is 1. The van der Waals surface area contributed by atoms with Gasteiger partial charge >= 0.3 is 12.2 Å². The topological polar surface area (TPSA) is 117 Å². The number of benzene rings is 2. The summed E-state index contributed by atoms with van der Waals surface area (Å²) in [5.41, 5.74) is 2.47. The Kier molecular flexibility index (Phi) is 6.31. The average molecular weight is 540 g/mol. The highest BCUT2D eigenvalue weighted by Crippen LogP contribution is 2.36. The largest absolute Gasteiger partial charge is 0.408 e. The van der Waals surface area contributed by atoms with Gasteiger partial charge in [-0.05, 0) is 48.4 Å². The average Bonchev–Trinajstić information content (AvgIpc) is 3.65. The van der Waals surface area contributed by atoms with Gasteiger partial charge in [-0.1, -0.05) is 12.1 Å². The number of hydrogen-bond acceptors (Lipinski definition) is 7. The lowest BCUT2D eigenvalue weighted by Crippen LogP contribution is -2.37. The molecule has 13 heteroatoms. The van der Waals surface area contributed by atoms with E-state index in [-0.39, 0.29) is 30.2 Å². The zero-order valence-corrected chi connectivity index (χ0v) is 20.5. The van der Waals surface area contributed by atoms with Crippen molar-refractivity contribution in [2.75, 3.05) is 28.7 Å². The lowest BCUT2D eigenvalue weighted by Gasteiger charge is -2.28. The predicted octanol–water partition coefficient (Wildman–Crippen LogP) is 4.17. The number of nitrogens with zero attached hydrogens (tertiary/aromatic N) is 5. The second kappa shape index (κ2) is 9.82. The van der Waals surface area contributed by atoms with Crippen LogP contribution in [-0.2, 0) is 17.9 Å². The van der Waals surface area contributed by atoms with Crippen LogP contribution in [0.1, 0.15) is 12.0 Å². The molecule has 6 rings (SSSR count). The molecule has 4 heterocycles. The van der Waals surface area contributed by atoms with Gasteiger partial charge in [-0.3, -0.25) is 0 Å². The van der Waals surface area contributed by atoms with Crippen LogP contribution in [0.15, 0.2) is 54.7 Å². The first-order chi connectivity index (χ1) is 18.8. The Hall–Kier alpha value is -4.23. The summed E-state index contributed by atoms with van der Waals surface area (Å²) in [5.74, 6) is 0.790. The number of urea groups is 1. The molecule has 2 fully saturated rings. The van der Waals surface area contributed by atoms with Crippen LogP contribution in [0.5, 0.6) is 0 Å². The monoisotopic (exact) mass is 539 g/mol. The highest BCUT2D eigenvalue weighted by Gasteiger charge is 2.41. The molecule has 39 heavy (non-hydrogen) atoms. The molecule has 4 aromatic rings. The van der Waals surface area contributed by atoms with E-state index in [1.54, 1.807) is 48.5 Å². The first-order valence-corrected chi connectivity index (χ1v) is 12.3. The number of alkyl halides is 3. The van der Waals surface area contributed by atoms with Crippen molar-refractivity contribution in [1.82, 2.24) is 19.7 Å². The van der Waals surface area contributed by atoms with Crippen LogP contribution in [0, 0.1) is 0 Å². The molecule has 10 nitrogen and oxygen atoms in total. The van der Waals surface area contributed by atoms with Gasteiger partial charge in [0.1, 0.15) is 12.4 Å². The first kappa shape index (κ1) is 25.1. The molecular weight excluding hydrogens is 515 g/mol. The standard InChI is InChI=1S/C26H24F3N7O3/c27-26(28,29)14-36-24-21(10-30-36)23(35-11-20-9-19(35)13-39-20)33-22(34-24)16-3-7-18(8-4-16)32-25(38)31-17-5-1-15(12-37)2-6-17/h1-8,10,19-20,37H,9,11-14H2,(H2,31,32,38). The van der Waals surface area contributed by atoms with Crippen molar-refractivity contribution in [1.29, 1.82) is 0 Å². The van der Waals surface area contributed by atoms with E-state index in [1.165, 1.54) is 6.20 Å². The first-order valence-electron chi connectivity index (χ1n) is 12.3. The van der Waals surface area contributed by atoms with E-state index >= 15 is 0 Å². The quantitative estimate of drug-likeness (QED) is 0.337. The Morgan fingerprint density at radius 3 is 2.33 bits per heavy atom. The molecule has 2 aliphatic heterocycles. The van der Waals surface area contributed by atoms with Crippen LogP contribution in [0.25, 0.3) is 22.4 Å². The van der Waals surface area contributed by atoms with Crippen molar-refractivity contribution in [2.45, 2.75) is 37.9 Å². The van der Waals surface area contributed by atoms with Gasteiger partial charge in [0.2, 0.25) is 0 Å². The molecule has 2 amide bonds. The van der Waals surface area contributed by atoms with E-state index in [4.69, 9.17) is 14.8 Å². The van der Waals surface area contributed by atoms with Gasteiger partial charge in [0.05, 0.1) is 36.9 Å². The Morgan fingerprint density at radius 1 is 1.05 bits per heavy atom. The molecule has 3 N–H and O–H groups in total. The van der Waals surface area contributed by atoms with Crippen molar-refractivity contribution < 1.29 is 27.8 Å². The highest BCUT2D eigenvalue weighted by molar-refractivity contribution is 5.99. The fourth-order valence-electron chi connectivity index (χ4n) is 4.92. The molecule has 202 valence electrons. The Bertz CT molecular complexity index is 1510. The zero-order valence-electron chi connectivity index (χ0n) is 20.5. The van der Waals surface area contributed by atoms with Crippen LogP contribution < -0.4 is 15.5 Å². The minimum Gasteiger partial charge on any atom is -0.392 e. The second-order valence-corrected chi connectivity index (χ2v) is 9.53. The van der Waals surface area contributed by atoms with E-state index in [1.807, 2.05) is 0 Å². The molecule has 2 aliphatic rings. The molecule has 2 atom stereocenters. The maximum atomic E-state index is 13.2. The summed E-state index contributed by atoms with van der Waals surface area (Å²) >= 11 is 0. The number of aromatic nitrogens is 4. The van der Waals surface area contributed by atoms with Gasteiger partial charge < -0.3 is 25.4 Å². The van der Waals surface area contributed by atoms with E-state index in [0.717, 1.165) is 16.7 Å². The van der Waals surface area contributed by atoms with Crippen molar-refractivity contribution in [2.24, 2.45) is 0 Å². The van der Waals surface area contributed by atoms with Crippen LogP contribution in [0.3, 0.4) is 0 Å². The number of nitrogens with one attached hydrogen (secondary N) is 2. The fraction of sp³-hybridized carbons (Fsp3) is 0.308. The molecule has 0 spiro atoms. The highest BCUT2D eigenvalue weighted by atomic mass is 19.4. The third kappa shape index (κ3) is 5.22. The number of morpholine rings is 1. The molecule has 2 bridgehead atoms. The van der Waals surface area contributed by atoms with Crippen LogP contribution >= 0.6 is 0 Å². The lowest BCUT2D eigenvalue weighted by atomic mass is 10.2. The van der Waals surface area contributed by atoms with Crippen LogP contribution in [-0.4, -0.2) is 62.4 Å². The molecule has 2 saturated heterocycles. The van der Waals surface area contributed by atoms with Crippen LogP contribution in [0.4, 0.5) is 35.2 Å². The summed E-state index contributed by atoms with van der Waals surface area (Å²) in [4.78, 5) is 23.7. The van der Waals surface area contributed by atoms with Gasteiger partial charge in [0.25, 0.3) is 0 Å². The molecule has 2 aromatic carbocycles. The van der Waals surface area contributed by atoms with Gasteiger partial charge in [-0.15, -0.1) is 0 Å². The van der Waals surface area contributed by atoms with Crippen molar-refractivity contribution in [3.05, 3.63) is 60.3 Å². The summed E-state index contributed by atoms with van der Waals surface area (Å²) in [7, 11) is 0. The number of hydrogen-bond donors (Lipinski definition) is 3. The Morgan fingerprint density at radius 2 is 1.74 bits per heavy atom. The SMILES string of the molecule is O=C(Nc1ccc(CO)cc1)Nc1ccc(-c2nc(N3CC4CC3CO4)c3cnn(CC(F)(F)F)c3n2)cc1. The van der Waals surface area contributed by atoms with Crippen molar-refractivity contribution in [3.63, 3.8) is 0 Å². The minimum absolute atomic E-state index is 0.0674. The van der Waals surface area contributed by atoms with E-state index in [9.17, 15) is 18.0 Å². The van der Waals surface area contributed by atoms with Crippen molar-refractivity contribution >= 4 is 34.3 Å². The summed E-state index contributed by atoms with van der Waals surface area (Å²) in [5, 5.41) is 19.0. The normalized spacial score (nSPS) is 18.6. The van der Waals surface area contributed by atoms with Gasteiger partial charge in [0.15, 0.2) is 11.5 Å². The summed E-state index contributed by atoms with van der Waals surface area (Å²) in [6.07, 6.45) is -2.17. The molecular formula is C26H24F3N7O3. The third-order valence-electron chi connectivity index (χ3n) is 6.77. The molecule has 2 unspecified atom stereocenters. The maximum absolute atomic E-state index is 13.2. The number of carbonyl (C=O) groups is 1. The smallest absolute Gasteiger partial charge is 0.392 e. The number of amides is 2. The maximum Gasteiger partial charge on any atom is 0.408 e. The Labute approximate surface area is 220 Å². The number of ether oxygens (including phenoxy) is 1. The van der Waals surface area contributed by atoms with E-state index < -0.39 is 18.8 Å². The number of rotatable bonds is 6. The summed E-state index contributed by atoms with van der Waals surface area (Å²) < 4.78 is 46.2. The molecule has 0 saturated carbocycles. The number of halogens is 3. The van der Waals surface area contributed by atoms with E-state index in [2.05, 4.69) is 25.6 Å². The molecule has 2 aromatic heterocycles. The Balaban J connectivity index is 1.27. The number of anilines is 3. The number of aliphatic hydroxyl groups is 1. The summed E-state index contributed by atoms with van der Waals surface area (Å²) in [6, 6.07) is 13.1. The third-order valence-corrected chi connectivity index (χ3v) is 6.77. The summed E-state index contributed by atoms with van der Waals surface area (Å²) in [6.45, 7) is -0.213. The van der Waals surface area contributed by atoms with Gasteiger partial charge in [0, 0.05) is 23.5 Å². The van der Waals surface area contributed by atoms with Crippen LogP contribution in [0.2, 0.25) is 0 Å². The minimum atomic E-state index is -4.46. The predicted molar refractivity (Wildman–Crippen MR) is 137 cm³/mol. The molecule has 0 radical (unpaired) electrons. The van der Waals surface area contributed by atoms with Crippen molar-refractivity contribution in [3.8, 4) is 11.4 Å². The van der Waals surface area contributed by atoms with Gasteiger partial charge in [-0.2, -0.15) is 18.3 Å². The second-order valence-electron chi connectivity index (χ2n) is 9.53. The molecule has 0 aliphatic carbocycles. The lowest BCUT2D eigenvalue weighted by molar-refractivity contribution is -0.141. The number of fused-ring (bicyclic) bond motifs is 3.